The molecule has 0 atom stereocenters. The first-order chi connectivity index (χ1) is 43.2. The number of aromatic nitrogens is 8. The number of carbonyl (C=O) groups is 3. The number of alkyl halides is 3. The number of sulfonamides is 1. The van der Waals surface area contributed by atoms with E-state index in [1.807, 2.05) is 20.8 Å². The van der Waals surface area contributed by atoms with Crippen LogP contribution >= 0.6 is 10.7 Å². The Bertz CT molecular complexity index is 3790. The number of carboxylic acids is 1. The number of fused-ring (bicyclic) bond motifs is 2. The highest BCUT2D eigenvalue weighted by molar-refractivity contribution is 8.13. The van der Waals surface area contributed by atoms with Gasteiger partial charge in [0.2, 0.25) is 10.0 Å². The normalized spacial score (nSPS) is 14.3. The number of halogens is 4. The number of benzene rings is 2. The van der Waals surface area contributed by atoms with E-state index >= 15 is 0 Å². The van der Waals surface area contributed by atoms with Crippen LogP contribution in [-0.4, -0.2) is 220 Å². The predicted molar refractivity (Wildman–Crippen MR) is 335 cm³/mol. The van der Waals surface area contributed by atoms with Gasteiger partial charge in [0.15, 0.2) is 16.8 Å². The van der Waals surface area contributed by atoms with Crippen LogP contribution in [0.2, 0.25) is 0 Å². The lowest BCUT2D eigenvalue weighted by atomic mass is 10.1. The van der Waals surface area contributed by atoms with Crippen molar-refractivity contribution in [1.29, 1.82) is 0 Å². The van der Waals surface area contributed by atoms with E-state index < -0.39 is 42.9 Å². The minimum atomic E-state index is -5.08. The number of hydrogen-bond acceptors (Lipinski definition) is 23. The Morgan fingerprint density at radius 2 is 1.15 bits per heavy atom. The summed E-state index contributed by atoms with van der Waals surface area (Å²) in [6, 6.07) is 9.39. The summed E-state index contributed by atoms with van der Waals surface area (Å²) in [7, 11) is 1.16. The van der Waals surface area contributed by atoms with Crippen LogP contribution in [0.3, 0.4) is 0 Å². The predicted octanol–water partition coefficient (Wildman–Crippen LogP) is 2.15. The second-order valence-corrected chi connectivity index (χ2v) is 25.9. The summed E-state index contributed by atoms with van der Waals surface area (Å²) >= 11 is 0. The van der Waals surface area contributed by atoms with Crippen LogP contribution < -0.4 is 42.3 Å². The van der Waals surface area contributed by atoms with E-state index in [0.29, 0.717) is 109 Å². The summed E-state index contributed by atoms with van der Waals surface area (Å²) in [5.41, 5.74) is 7.46. The number of Topliss-reactive ketones (excluding diaryl/α,β-unsaturated/α-hetero) is 1. The summed E-state index contributed by atoms with van der Waals surface area (Å²) < 4.78 is 102. The summed E-state index contributed by atoms with van der Waals surface area (Å²) in [5, 5.41) is 50.4. The number of ketones is 1. The van der Waals surface area contributed by atoms with Gasteiger partial charge in [-0.3, -0.25) is 28.6 Å². The number of amides is 1. The number of nitrogens with two attached hydrogens (primary N) is 1. The third-order valence-electron chi connectivity index (χ3n) is 12.9. The quantitative estimate of drug-likeness (QED) is 0.0490. The molecule has 92 heavy (non-hydrogen) atoms. The number of aliphatic hydroxyl groups is 3. The van der Waals surface area contributed by atoms with E-state index in [1.54, 1.807) is 47.9 Å². The number of hydrogen-bond donors (Lipinski definition) is 10. The van der Waals surface area contributed by atoms with Gasteiger partial charge in [-0.25, -0.2) is 36.4 Å². The van der Waals surface area contributed by atoms with Gasteiger partial charge in [-0.2, -0.15) is 27.7 Å². The number of likely N-dealkylation sites (tertiary alicyclic amines) is 1. The van der Waals surface area contributed by atoms with Crippen LogP contribution in [-0.2, 0) is 60.3 Å². The number of aliphatic hydroxyl groups excluding tert-OH is 3. The number of ether oxygens (including phenoxy) is 3. The molecule has 0 unspecified atom stereocenters. The molecule has 9 rings (SSSR count). The second-order valence-electron chi connectivity index (χ2n) is 21.4. The van der Waals surface area contributed by atoms with Gasteiger partial charge >= 0.3 is 18.2 Å². The van der Waals surface area contributed by atoms with Crippen LogP contribution in [0.25, 0.3) is 44.8 Å². The molecule has 30 nitrogen and oxygen atoms in total. The highest BCUT2D eigenvalue weighted by Gasteiger charge is 2.39. The van der Waals surface area contributed by atoms with Gasteiger partial charge in [-0.15, -0.1) is 0 Å². The first-order valence-corrected chi connectivity index (χ1v) is 32.9. The zero-order valence-corrected chi connectivity index (χ0v) is 54.9. The standard InChI is InChI=1S/C22H30N6O5S.C17H19ClN4O4S.C8H13NO3.C5H12N2O.C2HF3O2.C2H7NO/c1-4-6-17-19-20(27(3)26-17)22(30)25-21(24-19)16-11-15(7-8-18(16)33-5-2)34(31,32)28-12-14(13-28)23-9-10-29;1-4-6-12-14-15(22(3)21-12)17(23)20-16(19-14)11-9-10(27(18,24)25)7-8-13(11)26-5-2;1-8(2,3)12-7(11)9-4-6(10)5-9;8-2-1-7-5-3-6-4-5;3-2(4,5)1(6)7;3-1-2-4/h7-8,11,14,23,29H,4-6,9-10,12-13H2,1-3H3,(H,24,25,30);7-9H,4-6H2,1-3H3,(H,19,20,23);4-5H2,1-3H3;5-8H,1-4H2;(H,6,7);4H,1-3H2. The minimum Gasteiger partial charge on any atom is -0.493 e. The topological polar surface area (TPSA) is 424 Å². The zero-order valence-electron chi connectivity index (χ0n) is 52.5. The monoisotopic (exact) mass is 1360 g/mol. The molecule has 0 saturated carbocycles. The molecule has 0 aliphatic carbocycles. The van der Waals surface area contributed by atoms with Gasteiger partial charge in [0.05, 0.1) is 78.4 Å². The Balaban J connectivity index is 0.000000272. The van der Waals surface area contributed by atoms with Crippen LogP contribution in [0.4, 0.5) is 18.0 Å². The molecular formula is C56H82ClF3N14O16S2. The maximum atomic E-state index is 13.2. The molecule has 3 fully saturated rings. The molecule has 36 heteroatoms. The van der Waals surface area contributed by atoms with E-state index in [2.05, 4.69) is 46.1 Å². The van der Waals surface area contributed by atoms with Crippen molar-refractivity contribution in [2.24, 2.45) is 19.8 Å². The fraction of sp³-hybridized carbons (Fsp3) is 0.554. The van der Waals surface area contributed by atoms with E-state index in [4.69, 9.17) is 55.8 Å². The summed E-state index contributed by atoms with van der Waals surface area (Å²) in [4.78, 5) is 72.2. The number of nitrogens with one attached hydrogen (secondary N) is 5. The second kappa shape index (κ2) is 35.2. The van der Waals surface area contributed by atoms with Crippen molar-refractivity contribution in [3.8, 4) is 34.3 Å². The number of H-pyrrole nitrogens is 2. The number of aliphatic carboxylic acids is 1. The maximum Gasteiger partial charge on any atom is 0.490 e. The third-order valence-corrected chi connectivity index (χ3v) is 16.1. The fourth-order valence-electron chi connectivity index (χ4n) is 8.54. The summed E-state index contributed by atoms with van der Waals surface area (Å²) in [5.74, 6) is -1.42. The molecule has 4 aromatic heterocycles. The van der Waals surface area contributed by atoms with Gasteiger partial charge < -0.3 is 66.3 Å². The SMILES string of the molecule is CC(C)(C)OC(=O)N1CC(=O)C1.CCCc1nn(C)c2c(=O)[nH]c(-c3cc(S(=O)(=O)Cl)ccc3OCC)nc12.CCCc1nn(C)c2c(=O)[nH]c(-c3cc(S(=O)(=O)N4CC(NCCO)C4)ccc3OCC)nc12.NCCO.O=C(O)C(F)(F)F.OCCNC1CNC1. The largest absolute Gasteiger partial charge is 0.493 e. The molecule has 0 bridgehead atoms. The van der Waals surface area contributed by atoms with E-state index in [0.717, 1.165) is 38.2 Å². The minimum absolute atomic E-state index is 0.00203. The van der Waals surface area contributed by atoms with Gasteiger partial charge in [0.25, 0.3) is 20.2 Å². The average Bonchev–Trinajstić information content (AvgIpc) is 1.36. The molecule has 3 saturated heterocycles. The molecule has 3 aliphatic heterocycles. The Morgan fingerprint density at radius 3 is 1.50 bits per heavy atom. The van der Waals surface area contributed by atoms with Crippen molar-refractivity contribution in [2.45, 2.75) is 108 Å². The van der Waals surface area contributed by atoms with Gasteiger partial charge in [-0.05, 0) is 83.9 Å². The first kappa shape index (κ1) is 77.3. The molecule has 3 aliphatic rings. The Hall–Kier alpha value is -7.19. The molecule has 2 aromatic carbocycles. The fourth-order valence-corrected chi connectivity index (χ4v) is 10.9. The van der Waals surface area contributed by atoms with Gasteiger partial charge in [0.1, 0.15) is 39.8 Å². The highest BCUT2D eigenvalue weighted by Crippen LogP contribution is 2.34. The molecule has 7 heterocycles. The molecule has 0 radical (unpaired) electrons. The highest BCUT2D eigenvalue weighted by atomic mass is 35.7. The Kier molecular flexibility index (Phi) is 29.5. The molecular weight excluding hydrogens is 1280 g/mol. The Labute approximate surface area is 533 Å². The number of rotatable bonds is 20. The van der Waals surface area contributed by atoms with Crippen molar-refractivity contribution in [1.82, 2.24) is 64.7 Å². The van der Waals surface area contributed by atoms with E-state index in [9.17, 15) is 49.2 Å². The van der Waals surface area contributed by atoms with Crippen molar-refractivity contribution in [3.63, 3.8) is 0 Å². The lowest BCUT2D eigenvalue weighted by molar-refractivity contribution is -0.192. The molecule has 1 amide bonds. The van der Waals surface area contributed by atoms with Crippen molar-refractivity contribution < 1.29 is 79.0 Å². The smallest absolute Gasteiger partial charge is 0.490 e. The maximum absolute atomic E-state index is 13.2. The van der Waals surface area contributed by atoms with E-state index in [-0.39, 0.29) is 77.3 Å². The number of carboxylic acid groups (broad SMARTS) is 1. The van der Waals surface area contributed by atoms with Gasteiger partial charge in [0, 0.05) is 82.7 Å². The molecule has 512 valence electrons. The number of aryl methyl sites for hydroxylation is 4. The van der Waals surface area contributed by atoms with Crippen LogP contribution in [0, 0.1) is 0 Å². The first-order valence-electron chi connectivity index (χ1n) is 29.1. The Morgan fingerprint density at radius 1 is 0.728 bits per heavy atom. The van der Waals surface area contributed by atoms with E-state index in [1.165, 1.54) is 48.9 Å². The number of nitrogens with zero attached hydrogens (tertiary/aromatic N) is 8. The zero-order chi connectivity index (χ0) is 68.9. The third kappa shape index (κ3) is 22.0. The summed E-state index contributed by atoms with van der Waals surface area (Å²) in [6.45, 7) is 18.8. The number of aromatic amines is 2. The van der Waals surface area contributed by atoms with Crippen molar-refractivity contribution >= 4 is 69.7 Å². The average molecular weight is 1360 g/mol. The summed E-state index contributed by atoms with van der Waals surface area (Å²) in [6.07, 6.45) is -2.46. The lowest BCUT2D eigenvalue weighted by Crippen LogP contribution is -2.59. The van der Waals surface area contributed by atoms with Crippen LogP contribution in [0.1, 0.15) is 72.7 Å². The van der Waals surface area contributed by atoms with Crippen molar-refractivity contribution in [2.75, 3.05) is 91.9 Å². The van der Waals surface area contributed by atoms with Gasteiger partial charge in [-0.1, -0.05) is 26.7 Å². The molecule has 11 N–H and O–H groups in total. The lowest BCUT2D eigenvalue weighted by Gasteiger charge is -2.38. The molecule has 6 aromatic rings. The molecule has 0 spiro atoms. The van der Waals surface area contributed by atoms with Crippen molar-refractivity contribution in [3.05, 3.63) is 68.5 Å². The van der Waals surface area contributed by atoms with Crippen LogP contribution in [0.15, 0.2) is 55.8 Å². The van der Waals surface area contributed by atoms with Crippen LogP contribution in [0.5, 0.6) is 11.5 Å². The number of carbonyl (C=O) groups excluding carboxylic acids is 2.